The summed E-state index contributed by atoms with van der Waals surface area (Å²) in [7, 11) is 3.50. The summed E-state index contributed by atoms with van der Waals surface area (Å²) in [6.07, 6.45) is 4.71. The molecule has 0 atom stereocenters. The molecule has 0 bridgehead atoms. The lowest BCUT2D eigenvalue weighted by atomic mass is 9.78. The van der Waals surface area contributed by atoms with Gasteiger partial charge in [0.1, 0.15) is 0 Å². The number of nitrogens with one attached hydrogen (secondary N) is 1. The molecule has 126 valence electrons. The Kier molecular flexibility index (Phi) is 5.93. The first-order valence-corrected chi connectivity index (χ1v) is 8.52. The van der Waals surface area contributed by atoms with Gasteiger partial charge in [0.15, 0.2) is 0 Å². The molecular weight excluding hydrogens is 335 g/mol. The van der Waals surface area contributed by atoms with E-state index in [-0.39, 0.29) is 17.2 Å². The van der Waals surface area contributed by atoms with Crippen molar-refractivity contribution in [2.24, 2.45) is 5.41 Å². The van der Waals surface area contributed by atoms with Gasteiger partial charge in [-0.25, -0.2) is 0 Å². The van der Waals surface area contributed by atoms with E-state index in [0.29, 0.717) is 28.6 Å². The summed E-state index contributed by atoms with van der Waals surface area (Å²) in [6.45, 7) is 0. The first kappa shape index (κ1) is 18.1. The van der Waals surface area contributed by atoms with E-state index in [1.54, 1.807) is 37.2 Å². The summed E-state index contributed by atoms with van der Waals surface area (Å²) in [5, 5.41) is 3.77. The van der Waals surface area contributed by atoms with Crippen molar-refractivity contribution in [1.82, 2.24) is 4.90 Å². The molecule has 0 radical (unpaired) electrons. The Labute approximate surface area is 147 Å². The zero-order valence-corrected chi connectivity index (χ0v) is 15.0. The van der Waals surface area contributed by atoms with Gasteiger partial charge in [0.05, 0.1) is 10.7 Å². The monoisotopic (exact) mass is 356 g/mol. The summed E-state index contributed by atoms with van der Waals surface area (Å²) < 4.78 is 0. The predicted octanol–water partition coefficient (Wildman–Crippen LogP) is 4.36. The Morgan fingerprint density at radius 3 is 2.39 bits per heavy atom. The minimum Gasteiger partial charge on any atom is -0.349 e. The van der Waals surface area contributed by atoms with Gasteiger partial charge in [0, 0.05) is 32.0 Å². The lowest BCUT2D eigenvalue weighted by Crippen LogP contribution is -2.32. The van der Waals surface area contributed by atoms with Gasteiger partial charge in [-0.05, 0) is 36.5 Å². The standard InChI is InChI=1S/C17H22Cl2N2O2/c1-21(2)16(23)11-17(7-3-4-8-17)10-15(22)20-14-6-5-12(18)9-13(14)19/h5-6,9H,3-4,7-8,10-11H2,1-2H3,(H,20,22). The van der Waals surface area contributed by atoms with E-state index in [1.165, 1.54) is 0 Å². The van der Waals surface area contributed by atoms with E-state index in [9.17, 15) is 9.59 Å². The van der Waals surface area contributed by atoms with Crippen molar-refractivity contribution >= 4 is 40.7 Å². The van der Waals surface area contributed by atoms with Crippen LogP contribution in [-0.2, 0) is 9.59 Å². The van der Waals surface area contributed by atoms with E-state index >= 15 is 0 Å². The van der Waals surface area contributed by atoms with E-state index < -0.39 is 0 Å². The van der Waals surface area contributed by atoms with Crippen LogP contribution in [0.3, 0.4) is 0 Å². The number of rotatable bonds is 5. The van der Waals surface area contributed by atoms with Crippen LogP contribution in [-0.4, -0.2) is 30.8 Å². The fraction of sp³-hybridized carbons (Fsp3) is 0.529. The fourth-order valence-electron chi connectivity index (χ4n) is 3.15. The molecule has 1 aromatic rings. The second-order valence-electron chi connectivity index (χ2n) is 6.52. The van der Waals surface area contributed by atoms with Gasteiger partial charge < -0.3 is 10.2 Å². The number of carbonyl (C=O) groups excluding carboxylic acids is 2. The topological polar surface area (TPSA) is 49.4 Å². The molecule has 1 aliphatic carbocycles. The molecule has 1 fully saturated rings. The van der Waals surface area contributed by atoms with Crippen LogP contribution >= 0.6 is 23.2 Å². The Morgan fingerprint density at radius 1 is 1.17 bits per heavy atom. The number of carbonyl (C=O) groups is 2. The highest BCUT2D eigenvalue weighted by molar-refractivity contribution is 6.36. The predicted molar refractivity (Wildman–Crippen MR) is 93.9 cm³/mol. The summed E-state index contributed by atoms with van der Waals surface area (Å²) in [6, 6.07) is 4.97. The van der Waals surface area contributed by atoms with Gasteiger partial charge in [-0.3, -0.25) is 9.59 Å². The Balaban J connectivity index is 2.05. The Morgan fingerprint density at radius 2 is 1.83 bits per heavy atom. The summed E-state index contributed by atoms with van der Waals surface area (Å²) in [5.41, 5.74) is 0.317. The molecule has 0 aromatic heterocycles. The molecule has 0 unspecified atom stereocenters. The Bertz CT molecular complexity index is 596. The molecule has 0 spiro atoms. The maximum Gasteiger partial charge on any atom is 0.224 e. The lowest BCUT2D eigenvalue weighted by molar-refractivity contribution is -0.131. The number of halogens is 2. The molecule has 23 heavy (non-hydrogen) atoms. The molecule has 1 aromatic carbocycles. The number of anilines is 1. The minimum absolute atomic E-state index is 0.0734. The van der Waals surface area contributed by atoms with Gasteiger partial charge in [0.25, 0.3) is 0 Å². The van der Waals surface area contributed by atoms with Gasteiger partial charge in [0.2, 0.25) is 11.8 Å². The summed E-state index contributed by atoms with van der Waals surface area (Å²) in [5.74, 6) is -0.0353. The summed E-state index contributed by atoms with van der Waals surface area (Å²) >= 11 is 12.0. The third-order valence-corrected chi connectivity index (χ3v) is 4.98. The third kappa shape index (κ3) is 4.85. The van der Waals surface area contributed by atoms with Crippen molar-refractivity contribution in [3.63, 3.8) is 0 Å². The quantitative estimate of drug-likeness (QED) is 0.851. The van der Waals surface area contributed by atoms with Crippen LogP contribution in [0.1, 0.15) is 38.5 Å². The average Bonchev–Trinajstić information content (AvgIpc) is 2.90. The Hall–Kier alpha value is -1.26. The smallest absolute Gasteiger partial charge is 0.224 e. The summed E-state index contributed by atoms with van der Waals surface area (Å²) in [4.78, 5) is 26.1. The SMILES string of the molecule is CN(C)C(=O)CC1(CC(=O)Nc2ccc(Cl)cc2Cl)CCCC1. The number of hydrogen-bond donors (Lipinski definition) is 1. The number of benzene rings is 1. The molecule has 1 aliphatic rings. The third-order valence-electron chi connectivity index (χ3n) is 4.43. The van der Waals surface area contributed by atoms with Crippen molar-refractivity contribution in [3.05, 3.63) is 28.2 Å². The van der Waals surface area contributed by atoms with Crippen molar-refractivity contribution in [2.75, 3.05) is 19.4 Å². The normalized spacial score (nSPS) is 16.2. The zero-order valence-electron chi connectivity index (χ0n) is 13.5. The van der Waals surface area contributed by atoms with E-state index in [4.69, 9.17) is 23.2 Å². The lowest BCUT2D eigenvalue weighted by Gasteiger charge is -2.29. The zero-order chi connectivity index (χ0) is 17.0. The molecule has 0 aliphatic heterocycles. The van der Waals surface area contributed by atoms with Crippen molar-refractivity contribution in [2.45, 2.75) is 38.5 Å². The van der Waals surface area contributed by atoms with Crippen LogP contribution in [0.4, 0.5) is 5.69 Å². The number of nitrogens with zero attached hydrogens (tertiary/aromatic N) is 1. The van der Waals surface area contributed by atoms with Crippen molar-refractivity contribution in [1.29, 1.82) is 0 Å². The van der Waals surface area contributed by atoms with Gasteiger partial charge in [-0.2, -0.15) is 0 Å². The molecule has 1 saturated carbocycles. The van der Waals surface area contributed by atoms with Crippen LogP contribution < -0.4 is 5.32 Å². The maximum absolute atomic E-state index is 12.4. The van der Waals surface area contributed by atoms with Crippen LogP contribution in [0, 0.1) is 5.41 Å². The van der Waals surface area contributed by atoms with Crippen LogP contribution in [0.25, 0.3) is 0 Å². The molecule has 2 amide bonds. The van der Waals surface area contributed by atoms with Crippen molar-refractivity contribution < 1.29 is 9.59 Å². The highest BCUT2D eigenvalue weighted by Crippen LogP contribution is 2.44. The fourth-order valence-corrected chi connectivity index (χ4v) is 3.60. The van der Waals surface area contributed by atoms with E-state index in [2.05, 4.69) is 5.32 Å². The van der Waals surface area contributed by atoms with Gasteiger partial charge in [-0.15, -0.1) is 0 Å². The molecule has 2 rings (SSSR count). The minimum atomic E-state index is -0.232. The number of hydrogen-bond acceptors (Lipinski definition) is 2. The van der Waals surface area contributed by atoms with E-state index in [1.807, 2.05) is 0 Å². The average molecular weight is 357 g/mol. The van der Waals surface area contributed by atoms with Crippen molar-refractivity contribution in [3.8, 4) is 0 Å². The second kappa shape index (κ2) is 7.54. The van der Waals surface area contributed by atoms with Crippen LogP contribution in [0.15, 0.2) is 18.2 Å². The molecule has 0 saturated heterocycles. The number of amides is 2. The van der Waals surface area contributed by atoms with Crippen LogP contribution in [0.2, 0.25) is 10.0 Å². The van der Waals surface area contributed by atoms with E-state index in [0.717, 1.165) is 25.7 Å². The molecule has 0 heterocycles. The van der Waals surface area contributed by atoms with Gasteiger partial charge in [-0.1, -0.05) is 36.0 Å². The molecule has 1 N–H and O–H groups in total. The largest absolute Gasteiger partial charge is 0.349 e. The maximum atomic E-state index is 12.4. The van der Waals surface area contributed by atoms with Crippen LogP contribution in [0.5, 0.6) is 0 Å². The first-order chi connectivity index (χ1) is 10.8. The molecule has 4 nitrogen and oxygen atoms in total. The highest BCUT2D eigenvalue weighted by Gasteiger charge is 2.38. The highest BCUT2D eigenvalue weighted by atomic mass is 35.5. The first-order valence-electron chi connectivity index (χ1n) is 7.76. The molecule has 6 heteroatoms. The molecular formula is C17H22Cl2N2O2. The second-order valence-corrected chi connectivity index (χ2v) is 7.36. The van der Waals surface area contributed by atoms with Gasteiger partial charge >= 0.3 is 0 Å².